The molecule has 2 aromatic rings. The average molecular weight is 231 g/mol. The summed E-state index contributed by atoms with van der Waals surface area (Å²) in [5, 5.41) is 3.07. The first-order chi connectivity index (χ1) is 8.29. The van der Waals surface area contributed by atoms with Gasteiger partial charge in [0.1, 0.15) is 18.2 Å². The van der Waals surface area contributed by atoms with E-state index in [1.165, 1.54) is 0 Å². The minimum Gasteiger partial charge on any atom is -0.492 e. The first-order valence-electron chi connectivity index (χ1n) is 5.68. The van der Waals surface area contributed by atoms with Crippen LogP contribution in [-0.2, 0) is 6.54 Å². The van der Waals surface area contributed by atoms with Gasteiger partial charge in [0.15, 0.2) is 0 Å². The molecule has 1 aromatic heterocycles. The molecule has 0 saturated heterocycles. The SMILES string of the molecule is CNc1ccc(OCCn2ccnc2C)cc1. The van der Waals surface area contributed by atoms with Gasteiger partial charge in [0.2, 0.25) is 0 Å². The number of aryl methyl sites for hydroxylation is 1. The molecular formula is C13H17N3O. The number of anilines is 1. The van der Waals surface area contributed by atoms with Crippen molar-refractivity contribution in [2.75, 3.05) is 19.0 Å². The van der Waals surface area contributed by atoms with Crippen LogP contribution >= 0.6 is 0 Å². The number of hydrogen-bond acceptors (Lipinski definition) is 3. The van der Waals surface area contributed by atoms with Gasteiger partial charge in [0, 0.05) is 25.1 Å². The maximum atomic E-state index is 5.66. The molecule has 4 nitrogen and oxygen atoms in total. The molecule has 0 unspecified atom stereocenters. The lowest BCUT2D eigenvalue weighted by Gasteiger charge is -2.08. The number of nitrogens with zero attached hydrogens (tertiary/aromatic N) is 2. The third-order valence-electron chi connectivity index (χ3n) is 2.67. The van der Waals surface area contributed by atoms with Crippen LogP contribution in [0.2, 0.25) is 0 Å². The Labute approximate surface area is 101 Å². The minimum absolute atomic E-state index is 0.649. The molecule has 0 atom stereocenters. The van der Waals surface area contributed by atoms with E-state index in [1.807, 2.05) is 44.4 Å². The van der Waals surface area contributed by atoms with Crippen molar-refractivity contribution in [1.29, 1.82) is 0 Å². The Morgan fingerprint density at radius 2 is 2.06 bits per heavy atom. The second-order valence-corrected chi connectivity index (χ2v) is 3.79. The van der Waals surface area contributed by atoms with Crippen molar-refractivity contribution >= 4 is 5.69 Å². The molecule has 0 aliphatic heterocycles. The minimum atomic E-state index is 0.649. The quantitative estimate of drug-likeness (QED) is 0.858. The molecule has 0 aliphatic carbocycles. The van der Waals surface area contributed by atoms with Gasteiger partial charge in [-0.25, -0.2) is 4.98 Å². The number of nitrogens with one attached hydrogen (secondary N) is 1. The predicted octanol–water partition coefficient (Wildman–Crippen LogP) is 2.31. The summed E-state index contributed by atoms with van der Waals surface area (Å²) in [4.78, 5) is 4.16. The molecule has 0 amide bonds. The average Bonchev–Trinajstić information content (AvgIpc) is 2.76. The van der Waals surface area contributed by atoms with Crippen LogP contribution < -0.4 is 10.1 Å². The van der Waals surface area contributed by atoms with E-state index in [-0.39, 0.29) is 0 Å². The summed E-state index contributed by atoms with van der Waals surface area (Å²) in [6.07, 6.45) is 3.76. The van der Waals surface area contributed by atoms with E-state index >= 15 is 0 Å². The van der Waals surface area contributed by atoms with Gasteiger partial charge in [-0.05, 0) is 31.2 Å². The second-order valence-electron chi connectivity index (χ2n) is 3.79. The number of benzene rings is 1. The fourth-order valence-corrected chi connectivity index (χ4v) is 1.62. The van der Waals surface area contributed by atoms with Crippen molar-refractivity contribution < 1.29 is 4.74 Å². The molecule has 0 fully saturated rings. The molecule has 1 aromatic carbocycles. The number of ether oxygens (including phenoxy) is 1. The zero-order chi connectivity index (χ0) is 12.1. The zero-order valence-corrected chi connectivity index (χ0v) is 10.2. The van der Waals surface area contributed by atoms with E-state index in [0.717, 1.165) is 23.8 Å². The van der Waals surface area contributed by atoms with Crippen molar-refractivity contribution in [2.45, 2.75) is 13.5 Å². The highest BCUT2D eigenvalue weighted by molar-refractivity contribution is 5.45. The Morgan fingerprint density at radius 3 is 2.65 bits per heavy atom. The van der Waals surface area contributed by atoms with Crippen LogP contribution in [0.5, 0.6) is 5.75 Å². The molecular weight excluding hydrogens is 214 g/mol. The maximum absolute atomic E-state index is 5.66. The van der Waals surface area contributed by atoms with Crippen LogP contribution in [0.1, 0.15) is 5.82 Å². The van der Waals surface area contributed by atoms with Gasteiger partial charge in [-0.3, -0.25) is 0 Å². The maximum Gasteiger partial charge on any atom is 0.119 e. The summed E-state index contributed by atoms with van der Waals surface area (Å²) in [5.41, 5.74) is 1.09. The van der Waals surface area contributed by atoms with E-state index in [4.69, 9.17) is 4.74 Å². The Kier molecular flexibility index (Phi) is 3.65. The van der Waals surface area contributed by atoms with Crippen LogP contribution in [0.15, 0.2) is 36.7 Å². The lowest BCUT2D eigenvalue weighted by Crippen LogP contribution is -2.08. The molecule has 17 heavy (non-hydrogen) atoms. The van der Waals surface area contributed by atoms with Crippen LogP contribution in [0, 0.1) is 6.92 Å². The normalized spacial score (nSPS) is 10.2. The highest BCUT2D eigenvalue weighted by Gasteiger charge is 1.97. The molecule has 4 heteroatoms. The number of rotatable bonds is 5. The first-order valence-corrected chi connectivity index (χ1v) is 5.68. The standard InChI is InChI=1S/C13H17N3O/c1-11-15-7-8-16(11)9-10-17-13-5-3-12(14-2)4-6-13/h3-8,14H,9-10H2,1-2H3. The van der Waals surface area contributed by atoms with Gasteiger partial charge < -0.3 is 14.6 Å². The molecule has 1 N–H and O–H groups in total. The Hall–Kier alpha value is -1.97. The Morgan fingerprint density at radius 1 is 1.29 bits per heavy atom. The summed E-state index contributed by atoms with van der Waals surface area (Å²) in [6, 6.07) is 7.93. The summed E-state index contributed by atoms with van der Waals surface area (Å²) < 4.78 is 7.73. The Bertz CT molecular complexity index is 462. The molecule has 2 rings (SSSR count). The van der Waals surface area contributed by atoms with E-state index < -0.39 is 0 Å². The third-order valence-corrected chi connectivity index (χ3v) is 2.67. The summed E-state index contributed by atoms with van der Waals surface area (Å²) in [7, 11) is 1.90. The number of imidazole rings is 1. The summed E-state index contributed by atoms with van der Waals surface area (Å²) in [5.74, 6) is 1.90. The fourth-order valence-electron chi connectivity index (χ4n) is 1.62. The smallest absolute Gasteiger partial charge is 0.119 e. The van der Waals surface area contributed by atoms with Crippen molar-refractivity contribution in [2.24, 2.45) is 0 Å². The van der Waals surface area contributed by atoms with Crippen LogP contribution in [0.3, 0.4) is 0 Å². The van der Waals surface area contributed by atoms with Gasteiger partial charge in [0.05, 0.1) is 6.54 Å². The van der Waals surface area contributed by atoms with Gasteiger partial charge in [-0.1, -0.05) is 0 Å². The van der Waals surface area contributed by atoms with Crippen LogP contribution in [-0.4, -0.2) is 23.2 Å². The van der Waals surface area contributed by atoms with E-state index in [0.29, 0.717) is 6.61 Å². The van der Waals surface area contributed by atoms with E-state index in [2.05, 4.69) is 14.9 Å². The first kappa shape index (κ1) is 11.5. The summed E-state index contributed by atoms with van der Waals surface area (Å²) in [6.45, 7) is 3.46. The van der Waals surface area contributed by atoms with E-state index in [1.54, 1.807) is 6.20 Å². The molecule has 0 bridgehead atoms. The van der Waals surface area contributed by atoms with E-state index in [9.17, 15) is 0 Å². The van der Waals surface area contributed by atoms with Crippen LogP contribution in [0.25, 0.3) is 0 Å². The lowest BCUT2D eigenvalue weighted by molar-refractivity contribution is 0.297. The van der Waals surface area contributed by atoms with Crippen molar-refractivity contribution in [1.82, 2.24) is 9.55 Å². The zero-order valence-electron chi connectivity index (χ0n) is 10.2. The molecule has 0 aliphatic rings. The highest BCUT2D eigenvalue weighted by Crippen LogP contribution is 2.15. The molecule has 0 saturated carbocycles. The lowest BCUT2D eigenvalue weighted by atomic mass is 10.3. The molecule has 0 radical (unpaired) electrons. The number of hydrogen-bond donors (Lipinski definition) is 1. The Balaban J connectivity index is 1.83. The van der Waals surface area contributed by atoms with Gasteiger partial charge in [-0.2, -0.15) is 0 Å². The third kappa shape index (κ3) is 3.00. The predicted molar refractivity (Wildman–Crippen MR) is 68.4 cm³/mol. The topological polar surface area (TPSA) is 39.1 Å². The van der Waals surface area contributed by atoms with Gasteiger partial charge in [-0.15, -0.1) is 0 Å². The highest BCUT2D eigenvalue weighted by atomic mass is 16.5. The molecule has 0 spiro atoms. The monoisotopic (exact) mass is 231 g/mol. The molecule has 90 valence electrons. The van der Waals surface area contributed by atoms with Crippen LogP contribution in [0.4, 0.5) is 5.69 Å². The van der Waals surface area contributed by atoms with Crippen molar-refractivity contribution in [3.63, 3.8) is 0 Å². The largest absolute Gasteiger partial charge is 0.492 e. The van der Waals surface area contributed by atoms with Gasteiger partial charge in [0.25, 0.3) is 0 Å². The van der Waals surface area contributed by atoms with Crippen molar-refractivity contribution in [3.05, 3.63) is 42.5 Å². The number of aromatic nitrogens is 2. The molecule has 1 heterocycles. The summed E-state index contributed by atoms with van der Waals surface area (Å²) >= 11 is 0. The fraction of sp³-hybridized carbons (Fsp3) is 0.308. The second kappa shape index (κ2) is 5.39. The van der Waals surface area contributed by atoms with Crippen molar-refractivity contribution in [3.8, 4) is 5.75 Å². The van der Waals surface area contributed by atoms with Gasteiger partial charge >= 0.3 is 0 Å².